The Morgan fingerprint density at radius 2 is 1.78 bits per heavy atom. The molecular formula is C21H22ClN5O4S. The Kier molecular flexibility index (Phi) is 6.16. The van der Waals surface area contributed by atoms with Crippen LogP contribution in [-0.2, 0) is 15.6 Å². The number of hydrogen-bond acceptors (Lipinski definition) is 8. The second kappa shape index (κ2) is 8.87. The summed E-state index contributed by atoms with van der Waals surface area (Å²) in [5, 5.41) is 4.22. The van der Waals surface area contributed by atoms with Crippen LogP contribution >= 0.6 is 11.6 Å². The molecule has 0 radical (unpaired) electrons. The Morgan fingerprint density at radius 1 is 1.09 bits per heavy atom. The van der Waals surface area contributed by atoms with Crippen LogP contribution in [0.15, 0.2) is 46.1 Å². The minimum atomic E-state index is -3.74. The van der Waals surface area contributed by atoms with Crippen LogP contribution in [0.2, 0.25) is 5.02 Å². The summed E-state index contributed by atoms with van der Waals surface area (Å²) >= 11 is 6.07. The summed E-state index contributed by atoms with van der Waals surface area (Å²) in [6.07, 6.45) is 3.46. The SMILES string of the molecule is Cc1cc(S(=O)(=O)Cc2noc(C(=O)N3CCN(c4ccncc4)CC3)n2)c(C)cc1Cl. The Hall–Kier alpha value is -2.98. The van der Waals surface area contributed by atoms with Crippen molar-refractivity contribution in [2.24, 2.45) is 0 Å². The average Bonchev–Trinajstić information content (AvgIpc) is 3.24. The number of sulfone groups is 1. The van der Waals surface area contributed by atoms with E-state index >= 15 is 0 Å². The smallest absolute Gasteiger partial charge is 0.316 e. The largest absolute Gasteiger partial charge is 0.368 e. The third-order valence-electron chi connectivity index (χ3n) is 5.36. The predicted molar refractivity (Wildman–Crippen MR) is 118 cm³/mol. The van der Waals surface area contributed by atoms with E-state index in [4.69, 9.17) is 16.1 Å². The van der Waals surface area contributed by atoms with Crippen molar-refractivity contribution in [2.45, 2.75) is 24.5 Å². The molecule has 0 atom stereocenters. The highest BCUT2D eigenvalue weighted by molar-refractivity contribution is 7.90. The number of piperazine rings is 1. The highest BCUT2D eigenvalue weighted by Gasteiger charge is 2.28. The summed E-state index contributed by atoms with van der Waals surface area (Å²) < 4.78 is 30.8. The van der Waals surface area contributed by atoms with Crippen molar-refractivity contribution in [3.63, 3.8) is 0 Å². The third kappa shape index (κ3) is 4.61. The van der Waals surface area contributed by atoms with Crippen molar-refractivity contribution in [2.75, 3.05) is 31.1 Å². The fourth-order valence-corrected chi connectivity index (χ4v) is 5.33. The maximum absolute atomic E-state index is 12.9. The van der Waals surface area contributed by atoms with Crippen LogP contribution in [0.1, 0.15) is 27.6 Å². The van der Waals surface area contributed by atoms with Crippen LogP contribution in [0.4, 0.5) is 5.69 Å². The van der Waals surface area contributed by atoms with Gasteiger partial charge in [-0.2, -0.15) is 4.98 Å². The van der Waals surface area contributed by atoms with Crippen molar-refractivity contribution in [1.29, 1.82) is 0 Å². The topological polar surface area (TPSA) is 110 Å². The van der Waals surface area contributed by atoms with Gasteiger partial charge in [0.15, 0.2) is 15.7 Å². The fraction of sp³-hybridized carbons (Fsp3) is 0.333. The van der Waals surface area contributed by atoms with Crippen molar-refractivity contribution in [3.8, 4) is 0 Å². The van der Waals surface area contributed by atoms with Gasteiger partial charge < -0.3 is 14.3 Å². The molecule has 0 aliphatic carbocycles. The molecule has 0 N–H and O–H groups in total. The maximum Gasteiger partial charge on any atom is 0.316 e. The molecule has 3 aromatic rings. The molecule has 3 heterocycles. The first kappa shape index (κ1) is 22.2. The lowest BCUT2D eigenvalue weighted by Gasteiger charge is -2.35. The molecule has 4 rings (SSSR count). The van der Waals surface area contributed by atoms with Gasteiger partial charge in [-0.25, -0.2) is 8.42 Å². The lowest BCUT2D eigenvalue weighted by atomic mass is 10.2. The van der Waals surface area contributed by atoms with Gasteiger partial charge in [-0.15, -0.1) is 0 Å². The summed E-state index contributed by atoms with van der Waals surface area (Å²) in [4.78, 5) is 24.8. The second-order valence-corrected chi connectivity index (χ2v) is 9.99. The molecule has 1 fully saturated rings. The molecule has 1 saturated heterocycles. The lowest BCUT2D eigenvalue weighted by Crippen LogP contribution is -2.48. The molecule has 0 bridgehead atoms. The maximum atomic E-state index is 12.9. The molecule has 1 amide bonds. The van der Waals surface area contributed by atoms with E-state index in [2.05, 4.69) is 20.0 Å². The Balaban J connectivity index is 1.43. The van der Waals surface area contributed by atoms with Crippen LogP contribution in [0.5, 0.6) is 0 Å². The summed E-state index contributed by atoms with van der Waals surface area (Å²) in [5.74, 6) is -1.15. The quantitative estimate of drug-likeness (QED) is 0.554. The van der Waals surface area contributed by atoms with Gasteiger partial charge in [0.1, 0.15) is 5.75 Å². The number of aryl methyl sites for hydroxylation is 2. The average molecular weight is 476 g/mol. The van der Waals surface area contributed by atoms with E-state index in [1.807, 2.05) is 12.1 Å². The van der Waals surface area contributed by atoms with E-state index in [-0.39, 0.29) is 16.6 Å². The normalized spacial score (nSPS) is 14.6. The first-order valence-electron chi connectivity index (χ1n) is 10.0. The number of aromatic nitrogens is 3. The van der Waals surface area contributed by atoms with Gasteiger partial charge in [-0.3, -0.25) is 9.78 Å². The van der Waals surface area contributed by atoms with Crippen LogP contribution in [0.25, 0.3) is 0 Å². The Morgan fingerprint density at radius 3 is 2.47 bits per heavy atom. The minimum absolute atomic E-state index is 0.0595. The minimum Gasteiger partial charge on any atom is -0.368 e. The van der Waals surface area contributed by atoms with Crippen molar-refractivity contribution < 1.29 is 17.7 Å². The number of hydrogen-bond donors (Lipinski definition) is 0. The number of amides is 1. The van der Waals surface area contributed by atoms with E-state index in [0.29, 0.717) is 42.3 Å². The molecule has 1 aliphatic rings. The first-order valence-corrected chi connectivity index (χ1v) is 12.0. The third-order valence-corrected chi connectivity index (χ3v) is 7.51. The molecule has 9 nitrogen and oxygen atoms in total. The predicted octanol–water partition coefficient (Wildman–Crippen LogP) is 2.67. The van der Waals surface area contributed by atoms with Crippen LogP contribution in [0.3, 0.4) is 0 Å². The number of carbonyl (C=O) groups is 1. The summed E-state index contributed by atoms with van der Waals surface area (Å²) in [6, 6.07) is 6.99. The number of benzene rings is 1. The number of anilines is 1. The summed E-state index contributed by atoms with van der Waals surface area (Å²) in [6.45, 7) is 5.69. The zero-order valence-electron chi connectivity index (χ0n) is 17.7. The van der Waals surface area contributed by atoms with E-state index in [9.17, 15) is 13.2 Å². The van der Waals surface area contributed by atoms with Crippen molar-refractivity contribution >= 4 is 33.0 Å². The van der Waals surface area contributed by atoms with Gasteiger partial charge in [-0.1, -0.05) is 16.8 Å². The molecule has 168 valence electrons. The molecule has 0 spiro atoms. The number of rotatable bonds is 5. The molecule has 1 aromatic carbocycles. The van der Waals surface area contributed by atoms with Crippen molar-refractivity contribution in [3.05, 3.63) is 64.5 Å². The standard InChI is InChI=1S/C21H22ClN5O4S/c1-14-12-18(15(2)11-17(14)22)32(29,30)13-19-24-20(31-25-19)21(28)27-9-7-26(8-10-27)16-3-5-23-6-4-16/h3-6,11-12H,7-10,13H2,1-2H3. The van der Waals surface area contributed by atoms with Gasteiger partial charge in [0, 0.05) is 49.3 Å². The van der Waals surface area contributed by atoms with Gasteiger partial charge >= 0.3 is 11.8 Å². The van der Waals surface area contributed by atoms with Crippen LogP contribution in [0, 0.1) is 13.8 Å². The lowest BCUT2D eigenvalue weighted by molar-refractivity contribution is 0.0696. The van der Waals surface area contributed by atoms with Gasteiger partial charge in [0.2, 0.25) is 0 Å². The van der Waals surface area contributed by atoms with E-state index < -0.39 is 21.5 Å². The Labute approximate surface area is 190 Å². The highest BCUT2D eigenvalue weighted by atomic mass is 35.5. The highest BCUT2D eigenvalue weighted by Crippen LogP contribution is 2.26. The van der Waals surface area contributed by atoms with Crippen LogP contribution < -0.4 is 4.90 Å². The molecule has 2 aromatic heterocycles. The zero-order valence-corrected chi connectivity index (χ0v) is 19.2. The van der Waals surface area contributed by atoms with Gasteiger partial charge in [0.05, 0.1) is 4.90 Å². The first-order chi connectivity index (χ1) is 15.2. The second-order valence-electron chi connectivity index (χ2n) is 7.63. The molecule has 32 heavy (non-hydrogen) atoms. The summed E-state index contributed by atoms with van der Waals surface area (Å²) in [5.41, 5.74) is 2.24. The van der Waals surface area contributed by atoms with Crippen molar-refractivity contribution in [1.82, 2.24) is 20.0 Å². The van der Waals surface area contributed by atoms with E-state index in [1.54, 1.807) is 37.2 Å². The van der Waals surface area contributed by atoms with Gasteiger partial charge in [-0.05, 0) is 49.2 Å². The fourth-order valence-electron chi connectivity index (χ4n) is 3.59. The molecular weight excluding hydrogens is 454 g/mol. The number of halogens is 1. The Bertz CT molecular complexity index is 1240. The number of pyridine rings is 1. The van der Waals surface area contributed by atoms with Crippen LogP contribution in [-0.4, -0.2) is 60.5 Å². The summed E-state index contributed by atoms with van der Waals surface area (Å²) in [7, 11) is -3.74. The van der Waals surface area contributed by atoms with E-state index in [0.717, 1.165) is 5.69 Å². The monoisotopic (exact) mass is 475 g/mol. The zero-order chi connectivity index (χ0) is 22.9. The molecule has 0 unspecified atom stereocenters. The van der Waals surface area contributed by atoms with Gasteiger partial charge in [0.25, 0.3) is 0 Å². The van der Waals surface area contributed by atoms with E-state index in [1.165, 1.54) is 6.07 Å². The molecule has 11 heteroatoms. The number of nitrogens with zero attached hydrogens (tertiary/aromatic N) is 5. The number of carbonyl (C=O) groups excluding carboxylic acids is 1. The molecule has 0 saturated carbocycles. The molecule has 1 aliphatic heterocycles.